The Kier molecular flexibility index (Phi) is 5.64. The minimum atomic E-state index is -3.26. The van der Waals surface area contributed by atoms with Crippen LogP contribution in [0.15, 0.2) is 66.1 Å². The van der Waals surface area contributed by atoms with Crippen LogP contribution in [0.1, 0.15) is 5.56 Å². The monoisotopic (exact) mass is 390 g/mol. The quantitative estimate of drug-likeness (QED) is 0.823. The molecule has 0 saturated carbocycles. The number of amides is 1. The highest BCUT2D eigenvalue weighted by molar-refractivity contribution is 7.94. The summed E-state index contributed by atoms with van der Waals surface area (Å²) in [4.78, 5) is 14.4. The molecule has 26 heavy (non-hydrogen) atoms. The summed E-state index contributed by atoms with van der Waals surface area (Å²) in [6, 6.07) is 16.2. The fourth-order valence-electron chi connectivity index (χ4n) is 2.80. The van der Waals surface area contributed by atoms with Gasteiger partial charge in [-0.2, -0.15) is 0 Å². The van der Waals surface area contributed by atoms with Gasteiger partial charge in [0.25, 0.3) is 0 Å². The van der Waals surface area contributed by atoms with Gasteiger partial charge >= 0.3 is 0 Å². The standard InChI is InChI=1S/C19H19ClN2O3S/c20-17-8-4-5-9-18(17)21-12-19(23)22(13-15-6-2-1-3-7-15)16-10-11-26(24,25)14-16/h1-11,16,21H,12-14H2/t16-/m1/s1. The Hall–Kier alpha value is -2.31. The highest BCUT2D eigenvalue weighted by Gasteiger charge is 2.30. The Balaban J connectivity index is 1.75. The first-order valence-corrected chi connectivity index (χ1v) is 10.3. The van der Waals surface area contributed by atoms with Gasteiger partial charge in [-0.25, -0.2) is 8.42 Å². The highest BCUT2D eigenvalue weighted by Crippen LogP contribution is 2.21. The molecule has 0 aromatic heterocycles. The van der Waals surface area contributed by atoms with E-state index >= 15 is 0 Å². The molecule has 1 N–H and O–H groups in total. The lowest BCUT2D eigenvalue weighted by molar-refractivity contribution is -0.131. The largest absolute Gasteiger partial charge is 0.375 e. The van der Waals surface area contributed by atoms with Crippen molar-refractivity contribution < 1.29 is 13.2 Å². The molecule has 3 rings (SSSR count). The van der Waals surface area contributed by atoms with Crippen molar-refractivity contribution in [1.29, 1.82) is 0 Å². The predicted molar refractivity (Wildman–Crippen MR) is 104 cm³/mol. The minimum Gasteiger partial charge on any atom is -0.375 e. The minimum absolute atomic E-state index is 0.0287. The van der Waals surface area contributed by atoms with Crippen molar-refractivity contribution >= 4 is 33.0 Å². The van der Waals surface area contributed by atoms with E-state index in [4.69, 9.17) is 11.6 Å². The van der Waals surface area contributed by atoms with E-state index < -0.39 is 15.9 Å². The normalized spacial score (nSPS) is 17.8. The molecule has 0 bridgehead atoms. The van der Waals surface area contributed by atoms with Gasteiger partial charge in [0, 0.05) is 12.0 Å². The molecule has 7 heteroatoms. The molecule has 1 aliphatic rings. The first-order chi connectivity index (χ1) is 12.4. The molecule has 1 heterocycles. The van der Waals surface area contributed by atoms with Crippen molar-refractivity contribution in [1.82, 2.24) is 4.90 Å². The summed E-state index contributed by atoms with van der Waals surface area (Å²) in [5.74, 6) is -0.280. The van der Waals surface area contributed by atoms with Gasteiger partial charge in [-0.1, -0.05) is 54.1 Å². The molecule has 5 nitrogen and oxygen atoms in total. The van der Waals surface area contributed by atoms with Crippen molar-refractivity contribution in [3.8, 4) is 0 Å². The van der Waals surface area contributed by atoms with Crippen molar-refractivity contribution in [2.45, 2.75) is 12.6 Å². The Morgan fingerprint density at radius 1 is 1.12 bits per heavy atom. The van der Waals surface area contributed by atoms with Crippen LogP contribution in [-0.4, -0.2) is 37.6 Å². The molecule has 1 aliphatic heterocycles. The molecule has 0 saturated heterocycles. The number of carbonyl (C=O) groups is 1. The lowest BCUT2D eigenvalue weighted by Crippen LogP contribution is -2.43. The van der Waals surface area contributed by atoms with Gasteiger partial charge in [0.2, 0.25) is 5.91 Å². The van der Waals surface area contributed by atoms with Crippen LogP contribution in [0.5, 0.6) is 0 Å². The van der Waals surface area contributed by atoms with E-state index in [1.807, 2.05) is 42.5 Å². The van der Waals surface area contributed by atoms with Crippen LogP contribution in [0, 0.1) is 0 Å². The Morgan fingerprint density at radius 2 is 1.81 bits per heavy atom. The lowest BCUT2D eigenvalue weighted by atomic mass is 10.1. The van der Waals surface area contributed by atoms with Gasteiger partial charge in [0.05, 0.1) is 29.0 Å². The van der Waals surface area contributed by atoms with Crippen LogP contribution in [-0.2, 0) is 21.2 Å². The van der Waals surface area contributed by atoms with E-state index in [9.17, 15) is 13.2 Å². The molecule has 2 aromatic rings. The van der Waals surface area contributed by atoms with Crippen LogP contribution in [0.3, 0.4) is 0 Å². The third-order valence-corrected chi connectivity index (χ3v) is 5.84. The molecule has 136 valence electrons. The third-order valence-electron chi connectivity index (χ3n) is 4.13. The number of hydrogen-bond acceptors (Lipinski definition) is 4. The van der Waals surface area contributed by atoms with E-state index in [-0.39, 0.29) is 18.2 Å². The summed E-state index contributed by atoms with van der Waals surface area (Å²) in [7, 11) is -3.26. The second-order valence-corrected chi connectivity index (χ2v) is 8.40. The number of para-hydroxylation sites is 1. The maximum atomic E-state index is 12.8. The van der Waals surface area contributed by atoms with Crippen LogP contribution >= 0.6 is 11.6 Å². The smallest absolute Gasteiger partial charge is 0.242 e. The number of halogens is 1. The molecular weight excluding hydrogens is 372 g/mol. The van der Waals surface area contributed by atoms with E-state index in [0.29, 0.717) is 17.3 Å². The second-order valence-electron chi connectivity index (χ2n) is 6.07. The first-order valence-electron chi connectivity index (χ1n) is 8.17. The number of hydrogen-bond donors (Lipinski definition) is 1. The summed E-state index contributed by atoms with van der Waals surface area (Å²) in [5, 5.41) is 4.74. The maximum absolute atomic E-state index is 12.8. The molecule has 0 unspecified atom stereocenters. The number of nitrogens with one attached hydrogen (secondary N) is 1. The molecule has 2 aromatic carbocycles. The Bertz CT molecular complexity index is 913. The average molecular weight is 391 g/mol. The van der Waals surface area contributed by atoms with Crippen molar-refractivity contribution in [2.24, 2.45) is 0 Å². The summed E-state index contributed by atoms with van der Waals surface area (Å²) >= 11 is 6.10. The van der Waals surface area contributed by atoms with Crippen molar-refractivity contribution in [2.75, 3.05) is 17.6 Å². The maximum Gasteiger partial charge on any atom is 0.242 e. The van der Waals surface area contributed by atoms with Crippen LogP contribution in [0.2, 0.25) is 5.02 Å². The van der Waals surface area contributed by atoms with Gasteiger partial charge in [0.15, 0.2) is 9.84 Å². The first kappa shape index (κ1) is 18.5. The van der Waals surface area contributed by atoms with Gasteiger partial charge < -0.3 is 10.2 Å². The number of nitrogens with zero attached hydrogens (tertiary/aromatic N) is 1. The van der Waals surface area contributed by atoms with Gasteiger partial charge in [0.1, 0.15) is 0 Å². The lowest BCUT2D eigenvalue weighted by Gasteiger charge is -2.28. The molecule has 0 radical (unpaired) electrons. The summed E-state index contributed by atoms with van der Waals surface area (Å²) in [5.41, 5.74) is 1.60. The molecule has 0 fully saturated rings. The Morgan fingerprint density at radius 3 is 2.46 bits per heavy atom. The zero-order valence-electron chi connectivity index (χ0n) is 14.0. The number of anilines is 1. The zero-order valence-corrected chi connectivity index (χ0v) is 15.6. The second kappa shape index (κ2) is 7.93. The van der Waals surface area contributed by atoms with Gasteiger partial charge in [-0.15, -0.1) is 0 Å². The van der Waals surface area contributed by atoms with Crippen LogP contribution < -0.4 is 5.32 Å². The number of rotatable bonds is 6. The van der Waals surface area contributed by atoms with E-state index in [0.717, 1.165) is 5.56 Å². The van der Waals surface area contributed by atoms with Crippen molar-refractivity contribution in [3.63, 3.8) is 0 Å². The molecule has 1 atom stereocenters. The SMILES string of the molecule is O=C(CNc1ccccc1Cl)N(Cc1ccccc1)[C@@H]1C=CS(=O)(=O)C1. The van der Waals surface area contributed by atoms with Crippen molar-refractivity contribution in [3.05, 3.63) is 76.7 Å². The number of carbonyl (C=O) groups excluding carboxylic acids is 1. The average Bonchev–Trinajstić information content (AvgIpc) is 2.99. The fraction of sp³-hybridized carbons (Fsp3) is 0.211. The summed E-state index contributed by atoms with van der Waals surface area (Å²) in [6.07, 6.45) is 1.58. The third kappa shape index (κ3) is 4.65. The summed E-state index contributed by atoms with van der Waals surface area (Å²) in [6.45, 7) is 0.370. The van der Waals surface area contributed by atoms with E-state index in [2.05, 4.69) is 5.32 Å². The number of benzene rings is 2. The molecule has 1 amide bonds. The van der Waals surface area contributed by atoms with Crippen LogP contribution in [0.4, 0.5) is 5.69 Å². The Labute approximate surface area is 158 Å². The molecule has 0 aliphatic carbocycles. The van der Waals surface area contributed by atoms with E-state index in [1.54, 1.807) is 23.1 Å². The zero-order chi connectivity index (χ0) is 18.6. The highest BCUT2D eigenvalue weighted by atomic mass is 35.5. The molecule has 0 spiro atoms. The van der Waals surface area contributed by atoms with Gasteiger partial charge in [-0.05, 0) is 23.8 Å². The summed E-state index contributed by atoms with van der Waals surface area (Å²) < 4.78 is 23.6. The van der Waals surface area contributed by atoms with Crippen LogP contribution in [0.25, 0.3) is 0 Å². The van der Waals surface area contributed by atoms with E-state index in [1.165, 1.54) is 5.41 Å². The molecular formula is C19H19ClN2O3S. The number of sulfone groups is 1. The van der Waals surface area contributed by atoms with Gasteiger partial charge in [-0.3, -0.25) is 4.79 Å². The topological polar surface area (TPSA) is 66.5 Å². The fourth-order valence-corrected chi connectivity index (χ4v) is 4.30. The predicted octanol–water partition coefficient (Wildman–Crippen LogP) is 3.09.